The maximum atomic E-state index is 15.1. The molecule has 0 saturated carbocycles. The summed E-state index contributed by atoms with van der Waals surface area (Å²) in [6, 6.07) is 3.99. The average molecular weight is 488 g/mol. The summed E-state index contributed by atoms with van der Waals surface area (Å²) in [6.45, 7) is 1.79. The molecule has 12 heteroatoms. The molecule has 3 aromatic heterocycles. The minimum atomic E-state index is -4.61. The maximum Gasteiger partial charge on any atom is 0.433 e. The SMILES string of the molecule is CCN(C(=O)c1cc2c(cc1F)nc(N)c1c2cnn1C)[C@@H]1COCc2nc(C(F)(F)F)ccc21. The third kappa shape index (κ3) is 3.73. The summed E-state index contributed by atoms with van der Waals surface area (Å²) in [4.78, 5) is 22.8. The number of aryl methyl sites for hydroxylation is 1. The molecule has 35 heavy (non-hydrogen) atoms. The standard InChI is InChI=1S/C23H20F4N6O2/c1-3-33(18-10-35-9-17-11(18)4-5-19(30-17)23(25,26)27)22(34)13-6-12-14-8-29-32(2)20(14)21(28)31-16(12)7-15(13)24/h4-8,18H,3,9-10H2,1-2H3,(H2,28,31)/t18-/m1/s1. The lowest BCUT2D eigenvalue weighted by molar-refractivity contribution is -0.141. The second kappa shape index (κ2) is 8.15. The number of ether oxygens (including phenoxy) is 1. The first-order chi connectivity index (χ1) is 16.6. The normalized spacial score (nSPS) is 16.0. The molecule has 0 bridgehead atoms. The van der Waals surface area contributed by atoms with E-state index < -0.39 is 29.6 Å². The van der Waals surface area contributed by atoms with Crippen LogP contribution in [-0.4, -0.2) is 43.7 Å². The minimum absolute atomic E-state index is 0.0414. The molecule has 2 N–H and O–H groups in total. The van der Waals surface area contributed by atoms with Crippen molar-refractivity contribution < 1.29 is 27.1 Å². The molecule has 182 valence electrons. The number of alkyl halides is 3. The maximum absolute atomic E-state index is 15.1. The number of hydrogen-bond acceptors (Lipinski definition) is 6. The predicted octanol–water partition coefficient (Wildman–Crippen LogP) is 3.99. The van der Waals surface area contributed by atoms with Crippen LogP contribution in [0.5, 0.6) is 0 Å². The zero-order chi connectivity index (χ0) is 25.1. The Morgan fingerprint density at radius 1 is 1.26 bits per heavy atom. The third-order valence-corrected chi connectivity index (χ3v) is 6.18. The molecule has 8 nitrogen and oxygen atoms in total. The predicted molar refractivity (Wildman–Crippen MR) is 119 cm³/mol. The third-order valence-electron chi connectivity index (χ3n) is 6.18. The number of benzene rings is 1. The molecule has 0 saturated heterocycles. The number of amides is 1. The lowest BCUT2D eigenvalue weighted by Gasteiger charge is -2.35. The van der Waals surface area contributed by atoms with Gasteiger partial charge < -0.3 is 15.4 Å². The molecule has 1 aromatic carbocycles. The topological polar surface area (TPSA) is 99.2 Å². The van der Waals surface area contributed by atoms with E-state index in [0.717, 1.165) is 12.1 Å². The number of carbonyl (C=O) groups is 1. The monoisotopic (exact) mass is 488 g/mol. The Morgan fingerprint density at radius 3 is 2.74 bits per heavy atom. The summed E-state index contributed by atoms with van der Waals surface area (Å²) in [7, 11) is 1.69. The van der Waals surface area contributed by atoms with Crippen LogP contribution in [0.4, 0.5) is 23.4 Å². The zero-order valence-electron chi connectivity index (χ0n) is 18.7. The molecule has 5 rings (SSSR count). The van der Waals surface area contributed by atoms with Gasteiger partial charge in [0.25, 0.3) is 5.91 Å². The van der Waals surface area contributed by atoms with Gasteiger partial charge in [0.2, 0.25) is 0 Å². The number of anilines is 1. The first kappa shape index (κ1) is 23.0. The van der Waals surface area contributed by atoms with E-state index in [1.54, 1.807) is 24.9 Å². The van der Waals surface area contributed by atoms with E-state index >= 15 is 4.39 Å². The highest BCUT2D eigenvalue weighted by atomic mass is 19.4. The molecule has 1 aliphatic heterocycles. The van der Waals surface area contributed by atoms with Crippen LogP contribution in [0.15, 0.2) is 30.5 Å². The second-order valence-electron chi connectivity index (χ2n) is 8.23. The van der Waals surface area contributed by atoms with Crippen LogP contribution in [-0.2, 0) is 24.6 Å². The molecule has 0 aliphatic carbocycles. The number of fused-ring (bicyclic) bond motifs is 4. The van der Waals surface area contributed by atoms with Crippen LogP contribution in [0.3, 0.4) is 0 Å². The van der Waals surface area contributed by atoms with Gasteiger partial charge in [0, 0.05) is 36.0 Å². The van der Waals surface area contributed by atoms with Crippen LogP contribution < -0.4 is 5.73 Å². The van der Waals surface area contributed by atoms with Crippen molar-refractivity contribution in [3.8, 4) is 0 Å². The number of nitrogen functional groups attached to an aromatic ring is 1. The van der Waals surface area contributed by atoms with Crippen molar-refractivity contribution in [2.24, 2.45) is 7.05 Å². The van der Waals surface area contributed by atoms with Gasteiger partial charge in [-0.1, -0.05) is 6.07 Å². The van der Waals surface area contributed by atoms with Gasteiger partial charge in [-0.3, -0.25) is 9.48 Å². The van der Waals surface area contributed by atoms with Gasteiger partial charge in [0.05, 0.1) is 42.2 Å². The van der Waals surface area contributed by atoms with Gasteiger partial charge in [0.1, 0.15) is 22.8 Å². The average Bonchev–Trinajstić information content (AvgIpc) is 3.20. The van der Waals surface area contributed by atoms with Gasteiger partial charge >= 0.3 is 6.18 Å². The quantitative estimate of drug-likeness (QED) is 0.438. The Hall–Kier alpha value is -3.80. The van der Waals surface area contributed by atoms with Crippen LogP contribution in [0.2, 0.25) is 0 Å². The molecule has 1 amide bonds. The number of nitrogens with two attached hydrogens (primary N) is 1. The van der Waals surface area contributed by atoms with E-state index in [1.165, 1.54) is 17.0 Å². The summed E-state index contributed by atoms with van der Waals surface area (Å²) in [5.74, 6) is -1.25. The highest BCUT2D eigenvalue weighted by Gasteiger charge is 2.36. The van der Waals surface area contributed by atoms with Crippen molar-refractivity contribution >= 4 is 33.5 Å². The minimum Gasteiger partial charge on any atom is -0.382 e. The van der Waals surface area contributed by atoms with Gasteiger partial charge in [-0.25, -0.2) is 14.4 Å². The van der Waals surface area contributed by atoms with Crippen molar-refractivity contribution in [2.75, 3.05) is 18.9 Å². The van der Waals surface area contributed by atoms with Crippen molar-refractivity contribution in [3.05, 3.63) is 58.8 Å². The molecule has 0 radical (unpaired) electrons. The number of carbonyl (C=O) groups excluding carboxylic acids is 1. The largest absolute Gasteiger partial charge is 0.433 e. The van der Waals surface area contributed by atoms with E-state index in [2.05, 4.69) is 15.1 Å². The molecule has 1 atom stereocenters. The summed E-state index contributed by atoms with van der Waals surface area (Å²) in [6.07, 6.45) is -3.04. The molecule has 0 unspecified atom stereocenters. The summed E-state index contributed by atoms with van der Waals surface area (Å²) in [5.41, 5.74) is 6.12. The number of halogens is 4. The van der Waals surface area contributed by atoms with Gasteiger partial charge in [0.15, 0.2) is 0 Å². The Bertz CT molecular complexity index is 1480. The number of rotatable bonds is 3. The van der Waals surface area contributed by atoms with Crippen LogP contribution in [0.25, 0.3) is 21.8 Å². The van der Waals surface area contributed by atoms with Crippen molar-refractivity contribution in [2.45, 2.75) is 25.7 Å². The smallest absolute Gasteiger partial charge is 0.382 e. The van der Waals surface area contributed by atoms with Crippen molar-refractivity contribution in [1.29, 1.82) is 0 Å². The highest BCUT2D eigenvalue weighted by molar-refractivity contribution is 6.10. The van der Waals surface area contributed by atoms with E-state index in [4.69, 9.17) is 10.5 Å². The number of hydrogen-bond donors (Lipinski definition) is 1. The van der Waals surface area contributed by atoms with E-state index in [-0.39, 0.29) is 42.4 Å². The molecule has 1 aliphatic rings. The van der Waals surface area contributed by atoms with Crippen LogP contribution >= 0.6 is 0 Å². The van der Waals surface area contributed by atoms with Gasteiger partial charge in [-0.15, -0.1) is 0 Å². The lowest BCUT2D eigenvalue weighted by Crippen LogP contribution is -2.40. The molecule has 4 aromatic rings. The molecule has 0 fully saturated rings. The van der Waals surface area contributed by atoms with Crippen molar-refractivity contribution in [3.63, 3.8) is 0 Å². The number of likely N-dealkylation sites (N-methyl/N-ethyl adjacent to an activating group) is 1. The van der Waals surface area contributed by atoms with E-state index in [0.29, 0.717) is 21.9 Å². The van der Waals surface area contributed by atoms with Crippen LogP contribution in [0, 0.1) is 5.82 Å². The molecule has 4 heterocycles. The fraction of sp³-hybridized carbons (Fsp3) is 0.304. The Labute approximate surface area is 196 Å². The molecular formula is C23H20F4N6O2. The first-order valence-corrected chi connectivity index (χ1v) is 10.8. The number of nitrogens with zero attached hydrogens (tertiary/aromatic N) is 5. The molecule has 0 spiro atoms. The number of pyridine rings is 2. The second-order valence-corrected chi connectivity index (χ2v) is 8.23. The van der Waals surface area contributed by atoms with Crippen molar-refractivity contribution in [1.82, 2.24) is 24.6 Å². The summed E-state index contributed by atoms with van der Waals surface area (Å²) >= 11 is 0. The van der Waals surface area contributed by atoms with E-state index in [9.17, 15) is 18.0 Å². The first-order valence-electron chi connectivity index (χ1n) is 10.8. The van der Waals surface area contributed by atoms with Crippen LogP contribution in [0.1, 0.15) is 40.3 Å². The lowest BCUT2D eigenvalue weighted by atomic mass is 9.99. The van der Waals surface area contributed by atoms with E-state index in [1.807, 2.05) is 0 Å². The Kier molecular flexibility index (Phi) is 5.35. The zero-order valence-corrected chi connectivity index (χ0v) is 18.7. The fourth-order valence-electron chi connectivity index (χ4n) is 4.52. The summed E-state index contributed by atoms with van der Waals surface area (Å²) < 4.78 is 61.5. The Morgan fingerprint density at radius 2 is 2.03 bits per heavy atom. The fourth-order valence-corrected chi connectivity index (χ4v) is 4.52. The van der Waals surface area contributed by atoms with Gasteiger partial charge in [-0.05, 0) is 19.1 Å². The molecular weight excluding hydrogens is 468 g/mol. The Balaban J connectivity index is 1.58. The van der Waals surface area contributed by atoms with Gasteiger partial charge in [-0.2, -0.15) is 18.3 Å². The highest BCUT2D eigenvalue weighted by Crippen LogP contribution is 2.35. The summed E-state index contributed by atoms with van der Waals surface area (Å²) in [5, 5.41) is 5.29. The number of aromatic nitrogens is 4.